The van der Waals surface area contributed by atoms with E-state index in [4.69, 9.17) is 0 Å². The highest BCUT2D eigenvalue weighted by Gasteiger charge is 2.24. The Labute approximate surface area is 136 Å². The number of non-ortho nitro benzene ring substituents is 1. The summed E-state index contributed by atoms with van der Waals surface area (Å²) in [5.74, 6) is -0.179. The van der Waals surface area contributed by atoms with Crippen molar-refractivity contribution in [3.8, 4) is 0 Å². The Morgan fingerprint density at radius 1 is 1.13 bits per heavy atom. The van der Waals surface area contributed by atoms with E-state index in [9.17, 15) is 14.9 Å². The first-order chi connectivity index (χ1) is 11.1. The zero-order chi connectivity index (χ0) is 16.2. The molecule has 2 fully saturated rings. The van der Waals surface area contributed by atoms with Crippen molar-refractivity contribution in [3.05, 3.63) is 33.9 Å². The first kappa shape index (κ1) is 15.8. The van der Waals surface area contributed by atoms with Gasteiger partial charge in [-0.15, -0.1) is 0 Å². The van der Waals surface area contributed by atoms with E-state index in [1.54, 1.807) is 6.07 Å². The summed E-state index contributed by atoms with van der Waals surface area (Å²) in [5.41, 5.74) is 1.24. The number of anilines is 1. The number of amides is 1. The topological polar surface area (TPSA) is 75.5 Å². The Morgan fingerprint density at radius 2 is 1.83 bits per heavy atom. The fourth-order valence-electron chi connectivity index (χ4n) is 3.56. The summed E-state index contributed by atoms with van der Waals surface area (Å²) in [7, 11) is 0. The summed E-state index contributed by atoms with van der Waals surface area (Å²) >= 11 is 0. The molecule has 1 aliphatic heterocycles. The minimum absolute atomic E-state index is 0.0256. The molecule has 0 unspecified atom stereocenters. The maximum atomic E-state index is 12.7. The maximum absolute atomic E-state index is 12.7. The van der Waals surface area contributed by atoms with Crippen molar-refractivity contribution in [2.45, 2.75) is 51.0 Å². The van der Waals surface area contributed by atoms with Crippen LogP contribution in [0.3, 0.4) is 0 Å². The van der Waals surface area contributed by atoms with Crippen molar-refractivity contribution < 1.29 is 9.72 Å². The van der Waals surface area contributed by atoms with Gasteiger partial charge in [0.2, 0.25) is 0 Å². The molecule has 2 aliphatic rings. The van der Waals surface area contributed by atoms with Crippen LogP contribution in [-0.2, 0) is 0 Å². The summed E-state index contributed by atoms with van der Waals surface area (Å²) in [4.78, 5) is 25.5. The molecule has 124 valence electrons. The number of piperidine rings is 1. The number of nitrogens with zero attached hydrogens (tertiary/aromatic N) is 2. The normalized spacial score (nSPS) is 18.9. The van der Waals surface area contributed by atoms with Gasteiger partial charge in [-0.1, -0.05) is 12.8 Å². The third-order valence-corrected chi connectivity index (χ3v) is 4.82. The zero-order valence-corrected chi connectivity index (χ0v) is 13.3. The molecule has 1 saturated carbocycles. The lowest BCUT2D eigenvalue weighted by atomic mass is 10.1. The van der Waals surface area contributed by atoms with E-state index in [0.29, 0.717) is 5.56 Å². The van der Waals surface area contributed by atoms with E-state index >= 15 is 0 Å². The van der Waals surface area contributed by atoms with E-state index in [0.717, 1.165) is 57.3 Å². The van der Waals surface area contributed by atoms with Gasteiger partial charge < -0.3 is 10.2 Å². The Morgan fingerprint density at radius 3 is 2.48 bits per heavy atom. The first-order valence-corrected chi connectivity index (χ1v) is 8.49. The van der Waals surface area contributed by atoms with Gasteiger partial charge in [-0.25, -0.2) is 0 Å². The number of hydrogen-bond acceptors (Lipinski definition) is 4. The van der Waals surface area contributed by atoms with Crippen LogP contribution >= 0.6 is 0 Å². The molecule has 1 saturated heterocycles. The number of nitro benzene ring substituents is 1. The van der Waals surface area contributed by atoms with E-state index in [-0.39, 0.29) is 17.6 Å². The molecule has 0 bridgehead atoms. The van der Waals surface area contributed by atoms with E-state index in [1.165, 1.54) is 18.6 Å². The number of carbonyl (C=O) groups is 1. The van der Waals surface area contributed by atoms with Gasteiger partial charge in [-0.2, -0.15) is 0 Å². The van der Waals surface area contributed by atoms with Crippen molar-refractivity contribution in [3.63, 3.8) is 0 Å². The van der Waals surface area contributed by atoms with Crippen LogP contribution in [0.15, 0.2) is 18.2 Å². The second-order valence-corrected chi connectivity index (χ2v) is 6.46. The minimum atomic E-state index is -0.438. The molecule has 0 atom stereocenters. The fraction of sp³-hybridized carbons (Fsp3) is 0.588. The number of nitrogens with one attached hydrogen (secondary N) is 1. The van der Waals surface area contributed by atoms with E-state index in [1.807, 2.05) is 0 Å². The van der Waals surface area contributed by atoms with E-state index in [2.05, 4.69) is 10.2 Å². The molecule has 1 N–H and O–H groups in total. The van der Waals surface area contributed by atoms with Crippen LogP contribution < -0.4 is 10.2 Å². The highest BCUT2D eigenvalue weighted by molar-refractivity contribution is 6.00. The Bertz CT molecular complexity index is 591. The average Bonchev–Trinajstić information content (AvgIpc) is 3.08. The third kappa shape index (κ3) is 3.63. The molecule has 1 aromatic rings. The molecule has 1 aromatic carbocycles. The predicted molar refractivity (Wildman–Crippen MR) is 88.9 cm³/mol. The van der Waals surface area contributed by atoms with Crippen LogP contribution in [0.4, 0.5) is 11.4 Å². The molecular weight excluding hydrogens is 294 g/mol. The maximum Gasteiger partial charge on any atom is 0.270 e. The van der Waals surface area contributed by atoms with Crippen molar-refractivity contribution >= 4 is 17.3 Å². The van der Waals surface area contributed by atoms with Gasteiger partial charge in [-0.3, -0.25) is 14.9 Å². The lowest BCUT2D eigenvalue weighted by Gasteiger charge is -2.30. The van der Waals surface area contributed by atoms with Crippen LogP contribution in [0, 0.1) is 10.1 Å². The lowest BCUT2D eigenvalue weighted by Crippen LogP contribution is -2.36. The van der Waals surface area contributed by atoms with Crippen molar-refractivity contribution in [2.75, 3.05) is 18.0 Å². The zero-order valence-electron chi connectivity index (χ0n) is 13.3. The average molecular weight is 317 g/mol. The molecule has 0 radical (unpaired) electrons. The molecule has 6 heteroatoms. The largest absolute Gasteiger partial charge is 0.371 e. The molecule has 23 heavy (non-hydrogen) atoms. The smallest absolute Gasteiger partial charge is 0.270 e. The Balaban J connectivity index is 1.87. The summed E-state index contributed by atoms with van der Waals surface area (Å²) in [5, 5.41) is 14.1. The molecule has 1 heterocycles. The van der Waals surface area contributed by atoms with Crippen LogP contribution in [-0.4, -0.2) is 30.0 Å². The molecule has 6 nitrogen and oxygen atoms in total. The number of rotatable bonds is 4. The summed E-state index contributed by atoms with van der Waals surface area (Å²) < 4.78 is 0. The number of hydrogen-bond donors (Lipinski definition) is 1. The lowest BCUT2D eigenvalue weighted by molar-refractivity contribution is -0.384. The molecule has 0 aromatic heterocycles. The summed E-state index contributed by atoms with van der Waals surface area (Å²) in [6.07, 6.45) is 7.67. The second kappa shape index (κ2) is 6.98. The SMILES string of the molecule is O=C(NC1CCCC1)c1cc([N+](=O)[O-])ccc1N1CCCCC1. The van der Waals surface area contributed by atoms with Crippen LogP contribution in [0.25, 0.3) is 0 Å². The number of nitro groups is 1. The van der Waals surface area contributed by atoms with Crippen molar-refractivity contribution in [1.82, 2.24) is 5.32 Å². The Hall–Kier alpha value is -2.11. The van der Waals surface area contributed by atoms with Gasteiger partial charge in [0.1, 0.15) is 0 Å². The van der Waals surface area contributed by atoms with Crippen molar-refractivity contribution in [2.24, 2.45) is 0 Å². The molecule has 1 amide bonds. The summed E-state index contributed by atoms with van der Waals surface area (Å²) in [6.45, 7) is 1.81. The van der Waals surface area contributed by atoms with Crippen LogP contribution in [0.1, 0.15) is 55.3 Å². The highest BCUT2D eigenvalue weighted by atomic mass is 16.6. The fourth-order valence-corrected chi connectivity index (χ4v) is 3.56. The van der Waals surface area contributed by atoms with Gasteiger partial charge in [-0.05, 0) is 38.2 Å². The molecule has 3 rings (SSSR count). The third-order valence-electron chi connectivity index (χ3n) is 4.82. The van der Waals surface area contributed by atoms with Crippen molar-refractivity contribution in [1.29, 1.82) is 0 Å². The van der Waals surface area contributed by atoms with Crippen LogP contribution in [0.2, 0.25) is 0 Å². The van der Waals surface area contributed by atoms with Gasteiger partial charge in [0, 0.05) is 31.3 Å². The second-order valence-electron chi connectivity index (χ2n) is 6.46. The first-order valence-electron chi connectivity index (χ1n) is 8.49. The monoisotopic (exact) mass is 317 g/mol. The van der Waals surface area contributed by atoms with Gasteiger partial charge in [0.05, 0.1) is 16.2 Å². The molecule has 1 aliphatic carbocycles. The number of carbonyl (C=O) groups excluding carboxylic acids is 1. The molecule has 0 spiro atoms. The van der Waals surface area contributed by atoms with Crippen LogP contribution in [0.5, 0.6) is 0 Å². The van der Waals surface area contributed by atoms with Gasteiger partial charge in [0.25, 0.3) is 11.6 Å². The highest BCUT2D eigenvalue weighted by Crippen LogP contribution is 2.28. The standard InChI is InChI=1S/C17H23N3O3/c21-17(18-13-6-2-3-7-13)15-12-14(20(22)23)8-9-16(15)19-10-4-1-5-11-19/h8-9,12-13H,1-7,10-11H2,(H,18,21). The Kier molecular flexibility index (Phi) is 4.79. The number of benzene rings is 1. The molecular formula is C17H23N3O3. The van der Waals surface area contributed by atoms with E-state index < -0.39 is 4.92 Å². The minimum Gasteiger partial charge on any atom is -0.371 e. The van der Waals surface area contributed by atoms with Gasteiger partial charge >= 0.3 is 0 Å². The summed E-state index contributed by atoms with van der Waals surface area (Å²) in [6, 6.07) is 4.85. The predicted octanol–water partition coefficient (Wildman–Crippen LogP) is 3.26. The van der Waals surface area contributed by atoms with Gasteiger partial charge in [0.15, 0.2) is 0 Å². The quantitative estimate of drug-likeness (QED) is 0.683.